The van der Waals surface area contributed by atoms with Gasteiger partial charge in [-0.05, 0) is 49.6 Å². The summed E-state index contributed by atoms with van der Waals surface area (Å²) < 4.78 is 8.55. The second-order valence-electron chi connectivity index (χ2n) is 7.84. The number of ether oxygens (including phenoxy) is 1. The average Bonchev–Trinajstić information content (AvgIpc) is 3.10. The van der Waals surface area contributed by atoms with Crippen molar-refractivity contribution in [3.8, 4) is 11.4 Å². The van der Waals surface area contributed by atoms with E-state index in [0.29, 0.717) is 26.1 Å². The number of para-hydroxylation sites is 1. The zero-order valence-corrected chi connectivity index (χ0v) is 18.0. The van der Waals surface area contributed by atoms with E-state index < -0.39 is 0 Å². The number of hydrogen-bond acceptors (Lipinski definition) is 4. The third kappa shape index (κ3) is 4.55. The van der Waals surface area contributed by atoms with Crippen LogP contribution >= 0.6 is 0 Å². The average molecular weight is 421 g/mol. The van der Waals surface area contributed by atoms with Crippen LogP contribution in [0, 0.1) is 0 Å². The van der Waals surface area contributed by atoms with Crippen LogP contribution in [-0.4, -0.2) is 44.9 Å². The largest absolute Gasteiger partial charge is 0.494 e. The van der Waals surface area contributed by atoms with Crippen molar-refractivity contribution in [2.24, 2.45) is 7.05 Å². The normalized spacial score (nSPS) is 14.6. The smallest absolute Gasteiger partial charge is 0.350 e. The lowest BCUT2D eigenvalue weighted by molar-refractivity contribution is -0.131. The van der Waals surface area contributed by atoms with Crippen molar-refractivity contribution in [2.45, 2.75) is 32.1 Å². The summed E-state index contributed by atoms with van der Waals surface area (Å²) in [6.45, 7) is 3.91. The summed E-state index contributed by atoms with van der Waals surface area (Å²) in [5.74, 6) is 1.87. The molecular weight excluding hydrogens is 392 g/mol. The molecule has 1 saturated heterocycles. The molecule has 2 aromatic carbocycles. The Bertz CT molecular complexity index is 1080. The molecule has 0 saturated carbocycles. The highest BCUT2D eigenvalue weighted by Gasteiger charge is 2.28. The minimum absolute atomic E-state index is 0.129. The Balaban J connectivity index is 1.42. The molecule has 0 spiro atoms. The van der Waals surface area contributed by atoms with Gasteiger partial charge in [0.05, 0.1) is 18.7 Å². The van der Waals surface area contributed by atoms with E-state index >= 15 is 0 Å². The standard InChI is InChI=1S/C24H28N4O3/c1-3-31-21-11-9-18(10-12-21)17-22(29)27-15-13-19(14-16-27)23-25-26(2)24(30)28(23)20-7-5-4-6-8-20/h4-12,19H,3,13-17H2,1-2H3. The Kier molecular flexibility index (Phi) is 6.21. The Morgan fingerprint density at radius 2 is 1.74 bits per heavy atom. The van der Waals surface area contributed by atoms with Crippen LogP contribution in [0.25, 0.3) is 5.69 Å². The third-order valence-electron chi connectivity index (χ3n) is 5.77. The Morgan fingerprint density at radius 3 is 2.39 bits per heavy atom. The fraction of sp³-hybridized carbons (Fsp3) is 0.375. The quantitative estimate of drug-likeness (QED) is 0.615. The summed E-state index contributed by atoms with van der Waals surface area (Å²) in [4.78, 5) is 27.4. The molecule has 3 aromatic rings. The number of aromatic nitrogens is 3. The first kappa shape index (κ1) is 20.9. The van der Waals surface area contributed by atoms with Gasteiger partial charge in [-0.3, -0.25) is 4.79 Å². The minimum atomic E-state index is -0.143. The molecule has 0 unspecified atom stereocenters. The van der Waals surface area contributed by atoms with Crippen molar-refractivity contribution in [2.75, 3.05) is 19.7 Å². The molecule has 0 bridgehead atoms. The molecule has 0 aliphatic carbocycles. The molecule has 2 heterocycles. The molecule has 31 heavy (non-hydrogen) atoms. The number of benzene rings is 2. The number of carbonyl (C=O) groups is 1. The maximum absolute atomic E-state index is 12.8. The molecule has 1 amide bonds. The minimum Gasteiger partial charge on any atom is -0.494 e. The van der Waals surface area contributed by atoms with E-state index in [0.717, 1.165) is 35.7 Å². The lowest BCUT2D eigenvalue weighted by Crippen LogP contribution is -2.39. The first-order valence-electron chi connectivity index (χ1n) is 10.8. The van der Waals surface area contributed by atoms with Gasteiger partial charge in [-0.1, -0.05) is 30.3 Å². The van der Waals surface area contributed by atoms with Crippen LogP contribution in [0.3, 0.4) is 0 Å². The molecule has 162 valence electrons. The first-order chi connectivity index (χ1) is 15.1. The monoisotopic (exact) mass is 420 g/mol. The van der Waals surface area contributed by atoms with Crippen molar-refractivity contribution in [3.63, 3.8) is 0 Å². The van der Waals surface area contributed by atoms with Crippen LogP contribution in [0.1, 0.15) is 37.1 Å². The van der Waals surface area contributed by atoms with E-state index in [4.69, 9.17) is 4.74 Å². The Labute approximate surface area is 181 Å². The van der Waals surface area contributed by atoms with E-state index in [1.165, 1.54) is 4.68 Å². The SMILES string of the molecule is CCOc1ccc(CC(=O)N2CCC(c3nn(C)c(=O)n3-c3ccccc3)CC2)cc1. The highest BCUT2D eigenvalue weighted by molar-refractivity contribution is 5.79. The van der Waals surface area contributed by atoms with Crippen molar-refractivity contribution in [3.05, 3.63) is 76.5 Å². The summed E-state index contributed by atoms with van der Waals surface area (Å²) in [5.41, 5.74) is 1.66. The molecule has 7 nitrogen and oxygen atoms in total. The lowest BCUT2D eigenvalue weighted by Gasteiger charge is -2.31. The van der Waals surface area contributed by atoms with Crippen LogP contribution in [0.4, 0.5) is 0 Å². The molecule has 0 atom stereocenters. The predicted octanol–water partition coefficient (Wildman–Crippen LogP) is 2.92. The first-order valence-corrected chi connectivity index (χ1v) is 10.8. The fourth-order valence-corrected chi connectivity index (χ4v) is 4.11. The van der Waals surface area contributed by atoms with E-state index in [1.54, 1.807) is 11.6 Å². The van der Waals surface area contributed by atoms with Gasteiger partial charge in [0, 0.05) is 26.1 Å². The number of aryl methyl sites for hydroxylation is 1. The summed E-state index contributed by atoms with van der Waals surface area (Å²) in [7, 11) is 1.68. The summed E-state index contributed by atoms with van der Waals surface area (Å²) in [6, 6.07) is 17.3. The molecule has 1 aliphatic rings. The number of piperidine rings is 1. The van der Waals surface area contributed by atoms with Gasteiger partial charge in [0.15, 0.2) is 0 Å². The van der Waals surface area contributed by atoms with Crippen molar-refractivity contribution < 1.29 is 9.53 Å². The van der Waals surface area contributed by atoms with Crippen LogP contribution < -0.4 is 10.4 Å². The van der Waals surface area contributed by atoms with E-state index in [9.17, 15) is 9.59 Å². The number of hydrogen-bond donors (Lipinski definition) is 0. The van der Waals surface area contributed by atoms with Crippen molar-refractivity contribution in [1.29, 1.82) is 0 Å². The maximum Gasteiger partial charge on any atom is 0.350 e. The van der Waals surface area contributed by atoms with E-state index in [-0.39, 0.29) is 17.5 Å². The van der Waals surface area contributed by atoms with Gasteiger partial charge in [-0.25, -0.2) is 14.0 Å². The molecule has 1 aliphatic heterocycles. The molecule has 1 fully saturated rings. The van der Waals surface area contributed by atoms with Gasteiger partial charge in [0.1, 0.15) is 11.6 Å². The molecule has 7 heteroatoms. The maximum atomic E-state index is 12.8. The number of rotatable bonds is 6. The Hall–Kier alpha value is -3.35. The van der Waals surface area contributed by atoms with Crippen LogP contribution in [0.15, 0.2) is 59.4 Å². The zero-order valence-electron chi connectivity index (χ0n) is 18.0. The molecule has 0 radical (unpaired) electrons. The van der Waals surface area contributed by atoms with Gasteiger partial charge < -0.3 is 9.64 Å². The van der Waals surface area contributed by atoms with Crippen LogP contribution in [0.5, 0.6) is 5.75 Å². The van der Waals surface area contributed by atoms with Crippen LogP contribution in [0.2, 0.25) is 0 Å². The Morgan fingerprint density at radius 1 is 1.06 bits per heavy atom. The number of likely N-dealkylation sites (tertiary alicyclic amines) is 1. The van der Waals surface area contributed by atoms with Gasteiger partial charge in [-0.15, -0.1) is 0 Å². The molecule has 1 aromatic heterocycles. The second-order valence-corrected chi connectivity index (χ2v) is 7.84. The lowest BCUT2D eigenvalue weighted by atomic mass is 9.95. The topological polar surface area (TPSA) is 69.4 Å². The molecular formula is C24H28N4O3. The van der Waals surface area contributed by atoms with Gasteiger partial charge >= 0.3 is 5.69 Å². The summed E-state index contributed by atoms with van der Waals surface area (Å²) in [6.07, 6.45) is 1.96. The van der Waals surface area contributed by atoms with Crippen molar-refractivity contribution >= 4 is 5.91 Å². The van der Waals surface area contributed by atoms with E-state index in [1.807, 2.05) is 66.4 Å². The third-order valence-corrected chi connectivity index (χ3v) is 5.77. The summed E-state index contributed by atoms with van der Waals surface area (Å²) in [5, 5.41) is 4.52. The summed E-state index contributed by atoms with van der Waals surface area (Å²) >= 11 is 0. The highest BCUT2D eigenvalue weighted by Crippen LogP contribution is 2.28. The number of nitrogens with zero attached hydrogens (tertiary/aromatic N) is 4. The molecule has 0 N–H and O–H groups in total. The highest BCUT2D eigenvalue weighted by atomic mass is 16.5. The van der Waals surface area contributed by atoms with Gasteiger partial charge in [0.2, 0.25) is 5.91 Å². The van der Waals surface area contributed by atoms with Gasteiger partial charge in [-0.2, -0.15) is 5.10 Å². The van der Waals surface area contributed by atoms with Gasteiger partial charge in [0.25, 0.3) is 0 Å². The van der Waals surface area contributed by atoms with Crippen LogP contribution in [-0.2, 0) is 18.3 Å². The van der Waals surface area contributed by atoms with Crippen molar-refractivity contribution in [1.82, 2.24) is 19.2 Å². The fourth-order valence-electron chi connectivity index (χ4n) is 4.11. The second kappa shape index (κ2) is 9.20. The molecule has 4 rings (SSSR count). The van der Waals surface area contributed by atoms with E-state index in [2.05, 4.69) is 5.10 Å². The number of carbonyl (C=O) groups excluding carboxylic acids is 1. The zero-order chi connectivity index (χ0) is 21.8. The predicted molar refractivity (Wildman–Crippen MR) is 119 cm³/mol. The number of amides is 1.